The summed E-state index contributed by atoms with van der Waals surface area (Å²) in [5.41, 5.74) is 1.21. The molecule has 2 aliphatic rings. The smallest absolute Gasteiger partial charge is 0.233 e. The molecule has 2 aromatic carbocycles. The molecule has 4 rings (SSSR count). The Morgan fingerprint density at radius 1 is 1.10 bits per heavy atom. The van der Waals surface area contributed by atoms with Crippen molar-refractivity contribution in [2.24, 2.45) is 0 Å². The summed E-state index contributed by atoms with van der Waals surface area (Å²) in [5.74, 6) is 1.36. The van der Waals surface area contributed by atoms with Gasteiger partial charge in [-0.05, 0) is 48.2 Å². The standard InChI is InChI=1S/C24H29NO4S/c1-29-20-11-7-17(8-12-20)21(24(28)13-3-2-4-14-24)15-25-22(27)16-30-23(25)18-5-9-19(26)10-6-18/h5-12,21,23,26,28H,2-4,13-16H2,1H3. The lowest BCUT2D eigenvalue weighted by atomic mass is 9.72. The fourth-order valence-corrected chi connectivity index (χ4v) is 5.90. The third-order valence-corrected chi connectivity index (χ3v) is 7.67. The van der Waals surface area contributed by atoms with Gasteiger partial charge in [-0.1, -0.05) is 43.5 Å². The van der Waals surface area contributed by atoms with Crippen LogP contribution in [0.5, 0.6) is 11.5 Å². The molecule has 1 saturated carbocycles. The van der Waals surface area contributed by atoms with Crippen LogP contribution in [0, 0.1) is 0 Å². The number of amides is 1. The summed E-state index contributed by atoms with van der Waals surface area (Å²) in [5, 5.41) is 21.2. The quantitative estimate of drug-likeness (QED) is 0.713. The minimum absolute atomic E-state index is 0.0935. The molecule has 30 heavy (non-hydrogen) atoms. The van der Waals surface area contributed by atoms with E-state index in [2.05, 4.69) is 0 Å². The Morgan fingerprint density at radius 3 is 2.40 bits per heavy atom. The van der Waals surface area contributed by atoms with Crippen molar-refractivity contribution in [1.29, 1.82) is 0 Å². The molecule has 1 heterocycles. The SMILES string of the molecule is COc1ccc(C(CN2C(=O)CSC2c2ccc(O)cc2)C2(O)CCCCC2)cc1. The molecule has 2 atom stereocenters. The van der Waals surface area contributed by atoms with Gasteiger partial charge in [0.05, 0.1) is 18.5 Å². The first-order chi connectivity index (χ1) is 14.5. The molecular weight excluding hydrogens is 398 g/mol. The van der Waals surface area contributed by atoms with Gasteiger partial charge >= 0.3 is 0 Å². The van der Waals surface area contributed by atoms with Gasteiger partial charge in [0.15, 0.2) is 0 Å². The Labute approximate surface area is 182 Å². The van der Waals surface area contributed by atoms with Crippen molar-refractivity contribution in [1.82, 2.24) is 4.90 Å². The van der Waals surface area contributed by atoms with E-state index in [1.807, 2.05) is 41.3 Å². The Bertz CT molecular complexity index is 862. The van der Waals surface area contributed by atoms with Gasteiger partial charge in [-0.2, -0.15) is 0 Å². The third kappa shape index (κ3) is 4.30. The first-order valence-electron chi connectivity index (χ1n) is 10.6. The lowest BCUT2D eigenvalue weighted by Gasteiger charge is -2.42. The molecule has 2 fully saturated rings. The predicted octanol–water partition coefficient (Wildman–Crippen LogP) is 4.45. The van der Waals surface area contributed by atoms with Crippen LogP contribution < -0.4 is 4.74 Å². The Hall–Kier alpha value is -2.18. The van der Waals surface area contributed by atoms with Crippen LogP contribution in [-0.2, 0) is 4.79 Å². The highest BCUT2D eigenvalue weighted by Gasteiger charge is 2.43. The van der Waals surface area contributed by atoms with E-state index in [1.54, 1.807) is 31.0 Å². The number of hydrogen-bond acceptors (Lipinski definition) is 5. The molecule has 160 valence electrons. The summed E-state index contributed by atoms with van der Waals surface area (Å²) in [7, 11) is 1.64. The second-order valence-electron chi connectivity index (χ2n) is 8.29. The second kappa shape index (κ2) is 8.90. The molecule has 1 amide bonds. The molecular formula is C24H29NO4S. The van der Waals surface area contributed by atoms with Crippen LogP contribution >= 0.6 is 11.8 Å². The third-order valence-electron chi connectivity index (χ3n) is 6.41. The number of aliphatic hydroxyl groups is 1. The largest absolute Gasteiger partial charge is 0.508 e. The number of benzene rings is 2. The maximum Gasteiger partial charge on any atom is 0.233 e. The molecule has 6 heteroatoms. The molecule has 1 aliphatic carbocycles. The van der Waals surface area contributed by atoms with Gasteiger partial charge in [0.2, 0.25) is 5.91 Å². The lowest BCUT2D eigenvalue weighted by Crippen LogP contribution is -2.45. The Balaban J connectivity index is 1.65. The molecule has 1 aliphatic heterocycles. The normalized spacial score (nSPS) is 22.1. The zero-order valence-corrected chi connectivity index (χ0v) is 18.1. The van der Waals surface area contributed by atoms with Crippen LogP contribution in [-0.4, -0.2) is 46.0 Å². The number of rotatable bonds is 6. The van der Waals surface area contributed by atoms with E-state index in [-0.39, 0.29) is 22.9 Å². The van der Waals surface area contributed by atoms with Gasteiger partial charge in [-0.3, -0.25) is 4.79 Å². The monoisotopic (exact) mass is 427 g/mol. The van der Waals surface area contributed by atoms with Crippen molar-refractivity contribution in [3.63, 3.8) is 0 Å². The fourth-order valence-electron chi connectivity index (χ4n) is 4.70. The van der Waals surface area contributed by atoms with Gasteiger partial charge in [0.1, 0.15) is 16.9 Å². The maximum absolute atomic E-state index is 12.8. The average Bonchev–Trinajstić information content (AvgIpc) is 3.13. The van der Waals surface area contributed by atoms with Crippen LogP contribution in [0.15, 0.2) is 48.5 Å². The topological polar surface area (TPSA) is 70.0 Å². The summed E-state index contributed by atoms with van der Waals surface area (Å²) in [6.07, 6.45) is 4.66. The number of nitrogens with zero attached hydrogens (tertiary/aromatic N) is 1. The van der Waals surface area contributed by atoms with Crippen LogP contribution in [0.2, 0.25) is 0 Å². The Morgan fingerprint density at radius 2 is 1.77 bits per heavy atom. The maximum atomic E-state index is 12.8. The van der Waals surface area contributed by atoms with Crippen molar-refractivity contribution in [2.75, 3.05) is 19.4 Å². The molecule has 0 spiro atoms. The van der Waals surface area contributed by atoms with Gasteiger partial charge in [0, 0.05) is 12.5 Å². The minimum Gasteiger partial charge on any atom is -0.508 e. The zero-order valence-electron chi connectivity index (χ0n) is 17.3. The average molecular weight is 428 g/mol. The van der Waals surface area contributed by atoms with Crippen molar-refractivity contribution >= 4 is 17.7 Å². The Kier molecular flexibility index (Phi) is 6.25. The number of phenolic OH excluding ortho intramolecular Hbond substituents is 1. The number of ether oxygens (including phenoxy) is 1. The van der Waals surface area contributed by atoms with E-state index < -0.39 is 5.60 Å². The highest BCUT2D eigenvalue weighted by molar-refractivity contribution is 8.00. The molecule has 2 N–H and O–H groups in total. The first kappa shape index (κ1) is 21.1. The molecule has 0 aromatic heterocycles. The number of phenols is 1. The van der Waals surface area contributed by atoms with Gasteiger partial charge in [-0.25, -0.2) is 0 Å². The zero-order chi connectivity index (χ0) is 21.1. The van der Waals surface area contributed by atoms with E-state index in [1.165, 1.54) is 0 Å². The first-order valence-corrected chi connectivity index (χ1v) is 11.6. The summed E-state index contributed by atoms with van der Waals surface area (Å²) < 4.78 is 5.30. The number of thioether (sulfide) groups is 1. The number of carbonyl (C=O) groups excluding carboxylic acids is 1. The second-order valence-corrected chi connectivity index (χ2v) is 9.36. The number of hydrogen-bond donors (Lipinski definition) is 2. The number of methoxy groups -OCH3 is 1. The predicted molar refractivity (Wildman–Crippen MR) is 119 cm³/mol. The molecule has 5 nitrogen and oxygen atoms in total. The van der Waals surface area contributed by atoms with Crippen molar-refractivity contribution in [3.05, 3.63) is 59.7 Å². The highest BCUT2D eigenvalue weighted by Crippen LogP contribution is 2.45. The molecule has 0 bridgehead atoms. The van der Waals surface area contributed by atoms with E-state index in [9.17, 15) is 15.0 Å². The van der Waals surface area contributed by atoms with Gasteiger partial charge < -0.3 is 19.8 Å². The lowest BCUT2D eigenvalue weighted by molar-refractivity contribution is -0.129. The highest BCUT2D eigenvalue weighted by atomic mass is 32.2. The van der Waals surface area contributed by atoms with Gasteiger partial charge in [0.25, 0.3) is 0 Å². The van der Waals surface area contributed by atoms with E-state index in [4.69, 9.17) is 4.74 Å². The molecule has 2 unspecified atom stereocenters. The molecule has 0 radical (unpaired) electrons. The summed E-state index contributed by atoms with van der Waals surface area (Å²) in [4.78, 5) is 14.7. The van der Waals surface area contributed by atoms with E-state index >= 15 is 0 Å². The molecule has 1 saturated heterocycles. The van der Waals surface area contributed by atoms with Gasteiger partial charge in [-0.15, -0.1) is 11.8 Å². The van der Waals surface area contributed by atoms with Crippen LogP contribution in [0.1, 0.15) is 54.5 Å². The molecule has 2 aromatic rings. The summed E-state index contributed by atoms with van der Waals surface area (Å²) in [6.45, 7) is 0.472. The minimum atomic E-state index is -0.820. The van der Waals surface area contributed by atoms with Crippen LogP contribution in [0.3, 0.4) is 0 Å². The van der Waals surface area contributed by atoms with Crippen molar-refractivity contribution < 1.29 is 19.7 Å². The van der Waals surface area contributed by atoms with Crippen LogP contribution in [0.4, 0.5) is 0 Å². The summed E-state index contributed by atoms with van der Waals surface area (Å²) >= 11 is 1.60. The van der Waals surface area contributed by atoms with Crippen LogP contribution in [0.25, 0.3) is 0 Å². The number of carbonyl (C=O) groups is 1. The van der Waals surface area contributed by atoms with Crippen molar-refractivity contribution in [3.8, 4) is 11.5 Å². The van der Waals surface area contributed by atoms with Crippen molar-refractivity contribution in [2.45, 2.75) is 49.0 Å². The fraction of sp³-hybridized carbons (Fsp3) is 0.458. The number of aromatic hydroxyl groups is 1. The summed E-state index contributed by atoms with van der Waals surface area (Å²) in [6, 6.07) is 14.9. The van der Waals surface area contributed by atoms with E-state index in [0.29, 0.717) is 12.3 Å². The van der Waals surface area contributed by atoms with E-state index in [0.717, 1.165) is 49.0 Å².